The Morgan fingerprint density at radius 1 is 1.15 bits per heavy atom. The largest absolute Gasteiger partial charge is 0.317 e. The van der Waals surface area contributed by atoms with E-state index in [1.165, 1.54) is 12.8 Å². The van der Waals surface area contributed by atoms with E-state index >= 15 is 0 Å². The zero-order valence-corrected chi connectivity index (χ0v) is 11.1. The van der Waals surface area contributed by atoms with E-state index in [9.17, 15) is 0 Å². The van der Waals surface area contributed by atoms with E-state index in [0.29, 0.717) is 11.5 Å². The van der Waals surface area contributed by atoms with Gasteiger partial charge in [-0.15, -0.1) is 0 Å². The van der Waals surface area contributed by atoms with Gasteiger partial charge < -0.3 is 5.32 Å². The molecule has 0 heterocycles. The van der Waals surface area contributed by atoms with E-state index in [0.717, 1.165) is 5.92 Å². The van der Waals surface area contributed by atoms with E-state index < -0.39 is 0 Å². The molecule has 82 valence electrons. The Morgan fingerprint density at radius 3 is 1.85 bits per heavy atom. The molecule has 0 radical (unpaired) electrons. The van der Waals surface area contributed by atoms with Crippen molar-refractivity contribution in [1.29, 1.82) is 0 Å². The van der Waals surface area contributed by atoms with Crippen molar-refractivity contribution in [2.45, 2.75) is 53.5 Å². The number of rotatable bonds is 4. The van der Waals surface area contributed by atoms with E-state index in [-0.39, 0.29) is 13.5 Å². The van der Waals surface area contributed by atoms with Crippen LogP contribution in [-0.2, 0) is 0 Å². The van der Waals surface area contributed by atoms with Crippen LogP contribution < -0.4 is 5.32 Å². The molecule has 13 heavy (non-hydrogen) atoms. The Hall–Kier alpha value is 0.310. The summed E-state index contributed by atoms with van der Waals surface area (Å²) in [7, 11) is 2.07. The first-order valence-corrected chi connectivity index (χ1v) is 5.02. The zero-order chi connectivity index (χ0) is 9.78. The van der Waals surface area contributed by atoms with Crippen LogP contribution >= 0.6 is 13.5 Å². The van der Waals surface area contributed by atoms with Crippen molar-refractivity contribution in [2.24, 2.45) is 11.3 Å². The third-order valence-corrected chi connectivity index (χ3v) is 2.02. The number of hydrogen-bond donors (Lipinski definition) is 1. The fourth-order valence-electron chi connectivity index (χ4n) is 1.61. The first kappa shape index (κ1) is 15.8. The summed E-state index contributed by atoms with van der Waals surface area (Å²) >= 11 is 0. The summed E-state index contributed by atoms with van der Waals surface area (Å²) in [6, 6.07) is 0.685. The maximum atomic E-state index is 3.39. The summed E-state index contributed by atoms with van der Waals surface area (Å²) < 4.78 is 0. The second-order valence-corrected chi connectivity index (χ2v) is 5.38. The first-order valence-electron chi connectivity index (χ1n) is 5.02. The minimum atomic E-state index is 0. The van der Waals surface area contributed by atoms with Gasteiger partial charge in [0.25, 0.3) is 0 Å². The number of nitrogens with one attached hydrogen (secondary N) is 1. The van der Waals surface area contributed by atoms with E-state index in [2.05, 4.69) is 47.0 Å². The predicted octanol–water partition coefficient (Wildman–Crippen LogP) is 3.17. The van der Waals surface area contributed by atoms with Crippen LogP contribution in [0, 0.1) is 11.3 Å². The van der Waals surface area contributed by atoms with Crippen molar-refractivity contribution in [3.8, 4) is 0 Å². The molecule has 0 fully saturated rings. The van der Waals surface area contributed by atoms with Crippen molar-refractivity contribution in [3.05, 3.63) is 0 Å². The van der Waals surface area contributed by atoms with Crippen molar-refractivity contribution >= 4 is 13.5 Å². The number of hydrogen-bond acceptors (Lipinski definition) is 1. The molecule has 0 saturated carbocycles. The van der Waals surface area contributed by atoms with Crippen LogP contribution in [0.5, 0.6) is 0 Å². The normalized spacial score (nSPS) is 14.1. The van der Waals surface area contributed by atoms with E-state index in [4.69, 9.17) is 0 Å². The fourth-order valence-corrected chi connectivity index (χ4v) is 1.61. The van der Waals surface area contributed by atoms with Gasteiger partial charge in [0.2, 0.25) is 0 Å². The van der Waals surface area contributed by atoms with Gasteiger partial charge in [-0.3, -0.25) is 0 Å². The highest BCUT2D eigenvalue weighted by atomic mass is 32.1. The van der Waals surface area contributed by atoms with Crippen molar-refractivity contribution < 1.29 is 0 Å². The van der Waals surface area contributed by atoms with Crippen molar-refractivity contribution in [3.63, 3.8) is 0 Å². The molecule has 0 aliphatic carbocycles. The molecule has 0 aliphatic rings. The van der Waals surface area contributed by atoms with Crippen LogP contribution in [0.2, 0.25) is 0 Å². The van der Waals surface area contributed by atoms with Gasteiger partial charge in [-0.25, -0.2) is 0 Å². The summed E-state index contributed by atoms with van der Waals surface area (Å²) in [6.45, 7) is 11.5. The lowest BCUT2D eigenvalue weighted by molar-refractivity contribution is 0.290. The molecule has 0 aromatic rings. The molecule has 0 spiro atoms. The van der Waals surface area contributed by atoms with Gasteiger partial charge in [0.05, 0.1) is 0 Å². The molecule has 0 amide bonds. The maximum absolute atomic E-state index is 3.39. The third kappa shape index (κ3) is 10.2. The van der Waals surface area contributed by atoms with Crippen molar-refractivity contribution in [2.75, 3.05) is 7.05 Å². The minimum Gasteiger partial charge on any atom is -0.317 e. The predicted molar refractivity (Wildman–Crippen MR) is 66.8 cm³/mol. The van der Waals surface area contributed by atoms with Crippen LogP contribution in [0.1, 0.15) is 47.5 Å². The molecule has 1 N–H and O–H groups in total. The lowest BCUT2D eigenvalue weighted by atomic mass is 9.85. The molecule has 0 aromatic heterocycles. The molecule has 0 rings (SSSR count). The summed E-state index contributed by atoms with van der Waals surface area (Å²) in [5, 5.41) is 3.39. The quantitative estimate of drug-likeness (QED) is 0.743. The van der Waals surface area contributed by atoms with Gasteiger partial charge in [-0.1, -0.05) is 34.6 Å². The van der Waals surface area contributed by atoms with Crippen LogP contribution in [0.4, 0.5) is 0 Å². The SMILES string of the molecule is CN[C@@H](CC(C)C)CC(C)(C)C.S. The highest BCUT2D eigenvalue weighted by Crippen LogP contribution is 2.23. The Morgan fingerprint density at radius 2 is 1.62 bits per heavy atom. The van der Waals surface area contributed by atoms with Crippen LogP contribution in [0.15, 0.2) is 0 Å². The Labute approximate surface area is 91.1 Å². The molecule has 2 heteroatoms. The fraction of sp³-hybridized carbons (Fsp3) is 1.00. The topological polar surface area (TPSA) is 12.0 Å². The Balaban J connectivity index is 0. The highest BCUT2D eigenvalue weighted by Gasteiger charge is 2.17. The average molecular weight is 205 g/mol. The van der Waals surface area contributed by atoms with Crippen LogP contribution in [-0.4, -0.2) is 13.1 Å². The Bertz CT molecular complexity index is 116. The molecular weight excluding hydrogens is 178 g/mol. The molecule has 0 unspecified atom stereocenters. The standard InChI is InChI=1S/C11H25N.H2S/c1-9(2)7-10(12-6)8-11(3,4)5;/h9-10,12H,7-8H2,1-6H3;1H2/t10-;/m0./s1. The van der Waals surface area contributed by atoms with E-state index in [1.807, 2.05) is 0 Å². The summed E-state index contributed by atoms with van der Waals surface area (Å²) in [5.74, 6) is 0.796. The lowest BCUT2D eigenvalue weighted by Crippen LogP contribution is -2.31. The van der Waals surface area contributed by atoms with Gasteiger partial charge in [0.15, 0.2) is 0 Å². The molecule has 0 aromatic carbocycles. The second kappa shape index (κ2) is 6.72. The third-order valence-electron chi connectivity index (χ3n) is 2.02. The van der Waals surface area contributed by atoms with Crippen LogP contribution in [0.25, 0.3) is 0 Å². The second-order valence-electron chi connectivity index (χ2n) is 5.38. The minimum absolute atomic E-state index is 0. The van der Waals surface area contributed by atoms with Gasteiger partial charge in [-0.2, -0.15) is 13.5 Å². The maximum Gasteiger partial charge on any atom is 0.00714 e. The zero-order valence-electron chi connectivity index (χ0n) is 10.1. The molecular formula is C11H27NS. The summed E-state index contributed by atoms with van der Waals surface area (Å²) in [6.07, 6.45) is 2.55. The summed E-state index contributed by atoms with van der Waals surface area (Å²) in [5.41, 5.74) is 0.447. The van der Waals surface area contributed by atoms with Crippen LogP contribution in [0.3, 0.4) is 0 Å². The molecule has 1 nitrogen and oxygen atoms in total. The molecule has 1 atom stereocenters. The van der Waals surface area contributed by atoms with Gasteiger partial charge in [-0.05, 0) is 31.2 Å². The van der Waals surface area contributed by atoms with Gasteiger partial charge in [0, 0.05) is 6.04 Å². The molecule has 0 bridgehead atoms. The van der Waals surface area contributed by atoms with E-state index in [1.54, 1.807) is 0 Å². The molecule has 0 saturated heterocycles. The van der Waals surface area contributed by atoms with Crippen molar-refractivity contribution in [1.82, 2.24) is 5.32 Å². The lowest BCUT2D eigenvalue weighted by Gasteiger charge is -2.26. The Kier molecular flexibility index (Phi) is 8.15. The summed E-state index contributed by atoms with van der Waals surface area (Å²) in [4.78, 5) is 0. The highest BCUT2D eigenvalue weighted by molar-refractivity contribution is 7.59. The van der Waals surface area contributed by atoms with Gasteiger partial charge in [0.1, 0.15) is 0 Å². The average Bonchev–Trinajstić information content (AvgIpc) is 1.82. The first-order chi connectivity index (χ1) is 5.35. The monoisotopic (exact) mass is 205 g/mol. The smallest absolute Gasteiger partial charge is 0.00714 e. The van der Waals surface area contributed by atoms with Gasteiger partial charge >= 0.3 is 0 Å². The molecule has 0 aliphatic heterocycles.